The van der Waals surface area contributed by atoms with Gasteiger partial charge in [-0.15, -0.1) is 0 Å². The molecular weight excluding hydrogens is 517 g/mol. The monoisotopic (exact) mass is 533 g/mol. The average Bonchev–Trinajstić information content (AvgIpc) is 2.88. The van der Waals surface area contributed by atoms with Crippen molar-refractivity contribution in [3.05, 3.63) is 87.8 Å². The molecule has 3 aromatic rings. The fourth-order valence-corrected chi connectivity index (χ4v) is 4.49. The number of hydrogen-bond acceptors (Lipinski definition) is 7. The molecule has 0 unspecified atom stereocenters. The third-order valence-corrected chi connectivity index (χ3v) is 6.28. The van der Waals surface area contributed by atoms with Gasteiger partial charge in [0, 0.05) is 18.3 Å². The lowest BCUT2D eigenvalue weighted by atomic mass is 9.98. The first-order valence-electron chi connectivity index (χ1n) is 11.0. The minimum absolute atomic E-state index is 0.0500. The van der Waals surface area contributed by atoms with E-state index in [2.05, 4.69) is 27.2 Å². The first-order chi connectivity index (χ1) is 17.8. The Morgan fingerprint density at radius 2 is 1.95 bits per heavy atom. The smallest absolute Gasteiger partial charge is 0.347 e. The van der Waals surface area contributed by atoms with E-state index in [0.29, 0.717) is 36.5 Å². The van der Waals surface area contributed by atoms with Crippen LogP contribution in [0, 0.1) is 11.3 Å². The standard InChI is InChI=1S/C25H17Cl2N7O3/c1-14-22(12-28)32-34(25(36)30-14)17-10-20(26)23(21(27)11-17)37-18-4-5-19-15(9-18)6-8-33(24(19)35)13-16-3-2-7-29-31-16/h2-5,7,9-11H,1,6,8,13H2,(H,30,36). The molecule has 0 saturated carbocycles. The molecule has 5 rings (SSSR count). The molecule has 0 saturated heterocycles. The van der Waals surface area contributed by atoms with Gasteiger partial charge in [0.1, 0.15) is 11.8 Å². The number of rotatable bonds is 5. The zero-order chi connectivity index (χ0) is 26.1. The van der Waals surface area contributed by atoms with Crippen LogP contribution < -0.4 is 15.1 Å². The molecule has 0 radical (unpaired) electrons. The van der Waals surface area contributed by atoms with Gasteiger partial charge in [-0.1, -0.05) is 29.8 Å². The van der Waals surface area contributed by atoms with Crippen molar-refractivity contribution >= 4 is 46.5 Å². The number of hydrazone groups is 1. The number of urea groups is 1. The van der Waals surface area contributed by atoms with Crippen LogP contribution in [0.2, 0.25) is 10.0 Å². The van der Waals surface area contributed by atoms with Crippen molar-refractivity contribution in [2.24, 2.45) is 5.10 Å². The van der Waals surface area contributed by atoms with Crippen molar-refractivity contribution in [3.8, 4) is 17.6 Å². The van der Waals surface area contributed by atoms with Crippen molar-refractivity contribution in [1.82, 2.24) is 20.4 Å². The molecule has 10 nitrogen and oxygen atoms in total. The second kappa shape index (κ2) is 9.89. The molecule has 1 N–H and O–H groups in total. The van der Waals surface area contributed by atoms with Crippen LogP contribution in [0.5, 0.6) is 11.5 Å². The van der Waals surface area contributed by atoms with Crippen LogP contribution in [-0.2, 0) is 13.0 Å². The van der Waals surface area contributed by atoms with Crippen LogP contribution >= 0.6 is 23.2 Å². The Bertz CT molecular complexity index is 1500. The maximum Gasteiger partial charge on any atom is 0.347 e. The highest BCUT2D eigenvalue weighted by Gasteiger charge is 2.27. The first-order valence-corrected chi connectivity index (χ1v) is 11.7. The summed E-state index contributed by atoms with van der Waals surface area (Å²) in [5.74, 6) is 0.519. The van der Waals surface area contributed by atoms with Crippen molar-refractivity contribution in [3.63, 3.8) is 0 Å². The number of allylic oxidation sites excluding steroid dienone is 1. The summed E-state index contributed by atoms with van der Waals surface area (Å²) in [6.45, 7) is 4.49. The summed E-state index contributed by atoms with van der Waals surface area (Å²) in [5, 5.41) is 24.8. The SMILES string of the molecule is C=C1NC(=O)N(c2cc(Cl)c(Oc3ccc4c(c3)CCN(Cc3cccnn3)C4=O)c(Cl)c2)N=C1C#N. The second-order valence-electron chi connectivity index (χ2n) is 8.13. The van der Waals surface area contributed by atoms with E-state index in [4.69, 9.17) is 27.9 Å². The van der Waals surface area contributed by atoms with Crippen LogP contribution in [-0.4, -0.2) is 39.3 Å². The number of carbonyl (C=O) groups excluding carboxylic acids is 2. The summed E-state index contributed by atoms with van der Waals surface area (Å²) >= 11 is 12.9. The molecule has 0 atom stereocenters. The molecule has 3 heterocycles. The summed E-state index contributed by atoms with van der Waals surface area (Å²) in [6.07, 6.45) is 2.22. The van der Waals surface area contributed by atoms with Gasteiger partial charge in [0.05, 0.1) is 33.7 Å². The number of ether oxygens (including phenoxy) is 1. The first kappa shape index (κ1) is 24.2. The van der Waals surface area contributed by atoms with Crippen LogP contribution in [0.25, 0.3) is 0 Å². The summed E-state index contributed by atoms with van der Waals surface area (Å²) < 4.78 is 5.96. The van der Waals surface area contributed by atoms with Gasteiger partial charge >= 0.3 is 6.03 Å². The molecule has 37 heavy (non-hydrogen) atoms. The van der Waals surface area contributed by atoms with Gasteiger partial charge in [0.15, 0.2) is 11.5 Å². The number of aromatic nitrogens is 2. The van der Waals surface area contributed by atoms with E-state index in [0.717, 1.165) is 10.6 Å². The van der Waals surface area contributed by atoms with Crippen molar-refractivity contribution in [1.29, 1.82) is 5.26 Å². The van der Waals surface area contributed by atoms with E-state index in [1.54, 1.807) is 35.4 Å². The number of nitriles is 1. The van der Waals surface area contributed by atoms with Gasteiger partial charge in [0.25, 0.3) is 5.91 Å². The Kier molecular flexibility index (Phi) is 6.48. The predicted octanol–water partition coefficient (Wildman–Crippen LogP) is 4.70. The number of halogens is 2. The Labute approximate surface area is 221 Å². The van der Waals surface area contributed by atoms with E-state index in [1.807, 2.05) is 12.1 Å². The number of carbonyl (C=O) groups is 2. The molecule has 0 aliphatic carbocycles. The average molecular weight is 534 g/mol. The summed E-state index contributed by atoms with van der Waals surface area (Å²) in [5.41, 5.74) is 2.42. The lowest BCUT2D eigenvalue weighted by molar-refractivity contribution is 0.0724. The van der Waals surface area contributed by atoms with E-state index in [9.17, 15) is 14.9 Å². The molecule has 3 amide bonds. The zero-order valence-corrected chi connectivity index (χ0v) is 20.6. The number of amides is 3. The topological polar surface area (TPSA) is 124 Å². The molecule has 0 spiro atoms. The minimum atomic E-state index is -0.613. The summed E-state index contributed by atoms with van der Waals surface area (Å²) in [7, 11) is 0. The molecule has 2 aromatic carbocycles. The predicted molar refractivity (Wildman–Crippen MR) is 137 cm³/mol. The lowest BCUT2D eigenvalue weighted by Crippen LogP contribution is -2.42. The van der Waals surface area contributed by atoms with Crippen molar-refractivity contribution in [2.45, 2.75) is 13.0 Å². The third-order valence-electron chi connectivity index (χ3n) is 5.72. The largest absolute Gasteiger partial charge is 0.454 e. The van der Waals surface area contributed by atoms with Crippen LogP contribution in [0.3, 0.4) is 0 Å². The number of nitrogens with one attached hydrogen (secondary N) is 1. The second-order valence-corrected chi connectivity index (χ2v) is 8.95. The Hall–Kier alpha value is -4.46. The number of benzene rings is 2. The highest BCUT2D eigenvalue weighted by molar-refractivity contribution is 6.37. The van der Waals surface area contributed by atoms with Gasteiger partial charge in [-0.05, 0) is 54.4 Å². The normalized spacial score (nSPS) is 15.1. The van der Waals surface area contributed by atoms with Gasteiger partial charge in [-0.25, -0.2) is 4.79 Å². The van der Waals surface area contributed by atoms with E-state index in [-0.39, 0.29) is 38.8 Å². The van der Waals surface area contributed by atoms with Gasteiger partial charge in [-0.2, -0.15) is 25.6 Å². The van der Waals surface area contributed by atoms with Crippen molar-refractivity contribution < 1.29 is 14.3 Å². The van der Waals surface area contributed by atoms with Crippen LogP contribution in [0.15, 0.2) is 66.0 Å². The number of hydrogen-bond donors (Lipinski definition) is 1. The maximum atomic E-state index is 13.0. The minimum Gasteiger partial charge on any atom is -0.454 e. The fourth-order valence-electron chi connectivity index (χ4n) is 3.94. The van der Waals surface area contributed by atoms with Gasteiger partial charge in [-0.3, -0.25) is 4.79 Å². The number of anilines is 1. The molecule has 0 bridgehead atoms. The zero-order valence-electron chi connectivity index (χ0n) is 19.1. The van der Waals surface area contributed by atoms with E-state index in [1.165, 1.54) is 12.1 Å². The Morgan fingerprint density at radius 3 is 2.65 bits per heavy atom. The van der Waals surface area contributed by atoms with E-state index < -0.39 is 6.03 Å². The molecule has 2 aliphatic heterocycles. The lowest BCUT2D eigenvalue weighted by Gasteiger charge is -2.28. The Morgan fingerprint density at radius 1 is 1.16 bits per heavy atom. The molecule has 12 heteroatoms. The highest BCUT2D eigenvalue weighted by Crippen LogP contribution is 2.41. The summed E-state index contributed by atoms with van der Waals surface area (Å²) in [6, 6.07) is 12.9. The molecule has 2 aliphatic rings. The molecule has 184 valence electrons. The molecule has 1 aromatic heterocycles. The number of nitrogens with zero attached hydrogens (tertiary/aromatic N) is 6. The fraction of sp³-hybridized carbons (Fsp3) is 0.120. The van der Waals surface area contributed by atoms with E-state index >= 15 is 0 Å². The van der Waals surface area contributed by atoms with Crippen LogP contribution in [0.1, 0.15) is 21.6 Å². The molecular formula is C25H17Cl2N7O3. The van der Waals surface area contributed by atoms with Gasteiger partial charge < -0.3 is 15.0 Å². The third kappa shape index (κ3) is 4.82. The van der Waals surface area contributed by atoms with Gasteiger partial charge in [0.2, 0.25) is 0 Å². The van der Waals surface area contributed by atoms with Crippen molar-refractivity contribution in [2.75, 3.05) is 11.6 Å². The summed E-state index contributed by atoms with van der Waals surface area (Å²) in [4.78, 5) is 27.1. The van der Waals surface area contributed by atoms with Crippen LogP contribution in [0.4, 0.5) is 10.5 Å². The highest BCUT2D eigenvalue weighted by atomic mass is 35.5. The molecule has 0 fully saturated rings. The number of fused-ring (bicyclic) bond motifs is 1. The Balaban J connectivity index is 1.36. The maximum absolute atomic E-state index is 13.0. The quantitative estimate of drug-likeness (QED) is 0.506.